The molecular weight excluding hydrogens is 304 g/mol. The highest BCUT2D eigenvalue weighted by atomic mass is 16.5. The lowest BCUT2D eigenvalue weighted by Gasteiger charge is -2.25. The highest BCUT2D eigenvalue weighted by molar-refractivity contribution is 5.93. The van der Waals surface area contributed by atoms with Crippen molar-refractivity contribution < 1.29 is 19.4 Å². The quantitative estimate of drug-likeness (QED) is 0.281. The van der Waals surface area contributed by atoms with Crippen LogP contribution in [-0.2, 0) is 14.3 Å². The number of methoxy groups -OCH3 is 1. The molecule has 1 N–H and O–H groups in total. The number of hydrogen-bond acceptors (Lipinski definition) is 4. The monoisotopic (exact) mass is 336 g/mol. The van der Waals surface area contributed by atoms with Gasteiger partial charge in [0, 0.05) is 12.0 Å². The summed E-state index contributed by atoms with van der Waals surface area (Å²) in [5.74, 6) is -1.26. The molecule has 0 heterocycles. The molecule has 0 amide bonds. The fourth-order valence-corrected chi connectivity index (χ4v) is 2.05. The largest absolute Gasteiger partial charge is 0.511 e. The van der Waals surface area contributed by atoms with Crippen LogP contribution in [0.25, 0.3) is 0 Å². The lowest BCUT2D eigenvalue weighted by molar-refractivity contribution is -0.150. The lowest BCUT2D eigenvalue weighted by atomic mass is 9.82. The zero-order chi connectivity index (χ0) is 18.9. The number of carbonyl (C=O) groups is 2. The van der Waals surface area contributed by atoms with Crippen molar-refractivity contribution in [3.8, 4) is 0 Å². The highest BCUT2D eigenvalue weighted by Gasteiger charge is 2.38. The SMILES string of the molecule is COC(=O)C(C)(C/C=C(\C)CCC=C(C)C)/C(O)=C/C(=O)C(C)C. The molecule has 136 valence electrons. The minimum Gasteiger partial charge on any atom is -0.511 e. The second-order valence-electron chi connectivity index (χ2n) is 6.99. The molecule has 0 aromatic carbocycles. The lowest BCUT2D eigenvalue weighted by Crippen LogP contribution is -2.31. The Labute approximate surface area is 146 Å². The summed E-state index contributed by atoms with van der Waals surface area (Å²) in [6.07, 6.45) is 7.35. The second kappa shape index (κ2) is 10.1. The van der Waals surface area contributed by atoms with Gasteiger partial charge in [-0.05, 0) is 47.0 Å². The topological polar surface area (TPSA) is 63.6 Å². The van der Waals surface area contributed by atoms with Crippen LogP contribution in [0.2, 0.25) is 0 Å². The average molecular weight is 336 g/mol. The van der Waals surface area contributed by atoms with E-state index in [0.29, 0.717) is 0 Å². The van der Waals surface area contributed by atoms with E-state index in [9.17, 15) is 14.7 Å². The summed E-state index contributed by atoms with van der Waals surface area (Å²) < 4.78 is 4.83. The molecule has 0 aliphatic carbocycles. The molecule has 24 heavy (non-hydrogen) atoms. The van der Waals surface area contributed by atoms with Crippen LogP contribution in [0.5, 0.6) is 0 Å². The summed E-state index contributed by atoms with van der Waals surface area (Å²) in [5.41, 5.74) is 1.15. The van der Waals surface area contributed by atoms with Gasteiger partial charge in [-0.15, -0.1) is 0 Å². The maximum Gasteiger partial charge on any atom is 0.319 e. The Bertz CT molecular complexity index is 534. The molecule has 0 aliphatic heterocycles. The van der Waals surface area contributed by atoms with Crippen molar-refractivity contribution in [1.82, 2.24) is 0 Å². The number of hydrogen-bond donors (Lipinski definition) is 1. The van der Waals surface area contributed by atoms with Crippen LogP contribution < -0.4 is 0 Å². The van der Waals surface area contributed by atoms with Gasteiger partial charge in [0.2, 0.25) is 0 Å². The minimum atomic E-state index is -1.25. The van der Waals surface area contributed by atoms with E-state index >= 15 is 0 Å². The summed E-state index contributed by atoms with van der Waals surface area (Å²) >= 11 is 0. The predicted octanol–water partition coefficient (Wildman–Crippen LogP) is 4.92. The second-order valence-corrected chi connectivity index (χ2v) is 6.99. The van der Waals surface area contributed by atoms with Crippen molar-refractivity contribution in [2.45, 2.75) is 60.8 Å². The van der Waals surface area contributed by atoms with Crippen molar-refractivity contribution in [3.63, 3.8) is 0 Å². The van der Waals surface area contributed by atoms with Gasteiger partial charge in [0.1, 0.15) is 11.2 Å². The Balaban J connectivity index is 5.29. The van der Waals surface area contributed by atoms with Gasteiger partial charge in [-0.25, -0.2) is 0 Å². The van der Waals surface area contributed by atoms with Gasteiger partial charge in [-0.3, -0.25) is 9.59 Å². The molecular formula is C20H32O4. The van der Waals surface area contributed by atoms with Crippen molar-refractivity contribution in [3.05, 3.63) is 35.1 Å². The summed E-state index contributed by atoms with van der Waals surface area (Å²) in [6.45, 7) is 11.2. The molecule has 0 aliphatic rings. The van der Waals surface area contributed by atoms with E-state index in [1.807, 2.05) is 13.0 Å². The number of aliphatic hydroxyl groups excluding tert-OH is 1. The fraction of sp³-hybridized carbons (Fsp3) is 0.600. The molecule has 0 saturated carbocycles. The van der Waals surface area contributed by atoms with Gasteiger partial charge < -0.3 is 9.84 Å². The molecule has 0 radical (unpaired) electrons. The van der Waals surface area contributed by atoms with Gasteiger partial charge in [0.25, 0.3) is 0 Å². The number of esters is 1. The van der Waals surface area contributed by atoms with E-state index in [0.717, 1.165) is 24.5 Å². The number of allylic oxidation sites excluding steroid dienone is 5. The molecule has 4 nitrogen and oxygen atoms in total. The van der Waals surface area contributed by atoms with Gasteiger partial charge in [0.15, 0.2) is 5.78 Å². The average Bonchev–Trinajstić information content (AvgIpc) is 2.50. The molecule has 4 heteroatoms. The van der Waals surface area contributed by atoms with E-state index < -0.39 is 11.4 Å². The van der Waals surface area contributed by atoms with Crippen molar-refractivity contribution in [2.75, 3.05) is 7.11 Å². The van der Waals surface area contributed by atoms with E-state index in [4.69, 9.17) is 4.74 Å². The molecule has 0 fully saturated rings. The first-order chi connectivity index (χ1) is 11.0. The van der Waals surface area contributed by atoms with E-state index in [2.05, 4.69) is 19.9 Å². The van der Waals surface area contributed by atoms with Crippen LogP contribution in [0.15, 0.2) is 35.1 Å². The number of carbonyl (C=O) groups excluding carboxylic acids is 2. The van der Waals surface area contributed by atoms with Gasteiger partial charge in [-0.1, -0.05) is 37.1 Å². The first-order valence-corrected chi connectivity index (χ1v) is 8.37. The van der Waals surface area contributed by atoms with Crippen LogP contribution in [0, 0.1) is 11.3 Å². The molecule has 0 spiro atoms. The summed E-state index contributed by atoms with van der Waals surface area (Å²) in [6, 6.07) is 0. The van der Waals surface area contributed by atoms with Crippen LogP contribution in [-0.4, -0.2) is 24.0 Å². The molecule has 0 rings (SSSR count). The smallest absolute Gasteiger partial charge is 0.319 e. The van der Waals surface area contributed by atoms with Gasteiger partial charge >= 0.3 is 5.97 Å². The zero-order valence-electron chi connectivity index (χ0n) is 16.1. The number of rotatable bonds is 9. The third-order valence-electron chi connectivity index (χ3n) is 4.00. The van der Waals surface area contributed by atoms with Crippen LogP contribution >= 0.6 is 0 Å². The predicted molar refractivity (Wildman–Crippen MR) is 97.7 cm³/mol. The van der Waals surface area contributed by atoms with Crippen LogP contribution in [0.3, 0.4) is 0 Å². The van der Waals surface area contributed by atoms with Crippen LogP contribution in [0.1, 0.15) is 60.8 Å². The Morgan fingerprint density at radius 3 is 2.21 bits per heavy atom. The zero-order valence-corrected chi connectivity index (χ0v) is 16.1. The highest BCUT2D eigenvalue weighted by Crippen LogP contribution is 2.32. The summed E-state index contributed by atoms with van der Waals surface area (Å²) in [7, 11) is 1.28. The van der Waals surface area contributed by atoms with Crippen molar-refractivity contribution >= 4 is 11.8 Å². The fourth-order valence-electron chi connectivity index (χ4n) is 2.05. The molecule has 0 aromatic heterocycles. The van der Waals surface area contributed by atoms with Crippen molar-refractivity contribution in [2.24, 2.45) is 11.3 Å². The molecule has 0 aromatic rings. The van der Waals surface area contributed by atoms with E-state index in [-0.39, 0.29) is 23.9 Å². The Morgan fingerprint density at radius 2 is 1.75 bits per heavy atom. The number of ketones is 1. The van der Waals surface area contributed by atoms with Crippen LogP contribution in [0.4, 0.5) is 0 Å². The Kier molecular flexibility index (Phi) is 9.34. The normalized spacial score (nSPS) is 15.0. The Morgan fingerprint density at radius 1 is 1.17 bits per heavy atom. The standard InChI is InChI=1S/C20H32O4/c1-14(2)9-8-10-16(5)11-12-20(6,19(23)24-7)18(22)13-17(21)15(3)4/h9,11,13,15,22H,8,10,12H2,1-7H3/b16-11+,18-13-. The molecule has 1 atom stereocenters. The minimum absolute atomic E-state index is 0.216. The summed E-state index contributed by atoms with van der Waals surface area (Å²) in [5, 5.41) is 10.4. The third-order valence-corrected chi connectivity index (χ3v) is 4.00. The number of ether oxygens (including phenoxy) is 1. The molecule has 0 saturated heterocycles. The first-order valence-electron chi connectivity index (χ1n) is 8.37. The molecule has 0 bridgehead atoms. The summed E-state index contributed by atoms with van der Waals surface area (Å²) in [4.78, 5) is 24.0. The molecule has 1 unspecified atom stereocenters. The maximum absolute atomic E-state index is 12.2. The first kappa shape index (κ1) is 22.2. The van der Waals surface area contributed by atoms with E-state index in [1.54, 1.807) is 20.8 Å². The van der Waals surface area contributed by atoms with Gasteiger partial charge in [0.05, 0.1) is 7.11 Å². The van der Waals surface area contributed by atoms with Gasteiger partial charge in [-0.2, -0.15) is 0 Å². The Hall–Kier alpha value is -1.84. The number of aliphatic hydroxyl groups is 1. The third kappa shape index (κ3) is 7.16. The maximum atomic E-state index is 12.2. The van der Waals surface area contributed by atoms with Crippen molar-refractivity contribution in [1.29, 1.82) is 0 Å². The van der Waals surface area contributed by atoms with E-state index in [1.165, 1.54) is 12.7 Å².